The van der Waals surface area contributed by atoms with Gasteiger partial charge in [-0.2, -0.15) is 0 Å². The van der Waals surface area contributed by atoms with E-state index in [4.69, 9.17) is 17.2 Å². The zero-order chi connectivity index (χ0) is 29.4. The van der Waals surface area contributed by atoms with Gasteiger partial charge in [-0.3, -0.25) is 14.5 Å². The van der Waals surface area contributed by atoms with Crippen molar-refractivity contribution in [2.24, 2.45) is 17.2 Å². The molecule has 2 heterocycles. The van der Waals surface area contributed by atoms with Gasteiger partial charge in [-0.25, -0.2) is 0 Å². The Hall–Kier alpha value is -3.60. The summed E-state index contributed by atoms with van der Waals surface area (Å²) in [5.74, 6) is 0.425. The number of benzene rings is 1. The van der Waals surface area contributed by atoms with Crippen molar-refractivity contribution in [1.82, 2.24) is 20.1 Å². The van der Waals surface area contributed by atoms with Gasteiger partial charge < -0.3 is 37.7 Å². The summed E-state index contributed by atoms with van der Waals surface area (Å²) in [6.45, 7) is 15.2. The van der Waals surface area contributed by atoms with E-state index in [2.05, 4.69) is 25.4 Å². The first kappa shape index (κ1) is 30.9. The van der Waals surface area contributed by atoms with Gasteiger partial charge in [0.25, 0.3) is 11.5 Å². The van der Waals surface area contributed by atoms with Crippen LogP contribution in [0.25, 0.3) is 5.57 Å². The highest BCUT2D eigenvalue weighted by molar-refractivity contribution is 5.98. The van der Waals surface area contributed by atoms with Gasteiger partial charge in [-0.15, -0.1) is 0 Å². The number of nitrogens with two attached hydrogens (primary N) is 3. The third-order valence-electron chi connectivity index (χ3n) is 7.20. The summed E-state index contributed by atoms with van der Waals surface area (Å²) in [5, 5.41) is 6.37. The number of anilines is 1. The first-order valence-electron chi connectivity index (χ1n) is 14.0. The van der Waals surface area contributed by atoms with Crippen molar-refractivity contribution in [1.29, 1.82) is 0 Å². The molecule has 1 fully saturated rings. The van der Waals surface area contributed by atoms with Crippen LogP contribution in [0.1, 0.15) is 59.1 Å². The molecule has 0 radical (unpaired) electrons. The quantitative estimate of drug-likeness (QED) is 0.232. The van der Waals surface area contributed by atoms with Gasteiger partial charge in [-0.05, 0) is 75.6 Å². The van der Waals surface area contributed by atoms with Gasteiger partial charge in [0.1, 0.15) is 0 Å². The highest BCUT2D eigenvalue weighted by Gasteiger charge is 2.19. The zero-order valence-electron chi connectivity index (χ0n) is 24.6. The number of hydrogen-bond acceptors (Lipinski definition) is 8. The van der Waals surface area contributed by atoms with E-state index in [1.54, 1.807) is 0 Å². The van der Waals surface area contributed by atoms with E-state index in [-0.39, 0.29) is 30.6 Å². The summed E-state index contributed by atoms with van der Waals surface area (Å²) in [6.07, 6.45) is 3.90. The molecule has 1 aromatic carbocycles. The fourth-order valence-corrected chi connectivity index (χ4v) is 4.95. The number of aryl methyl sites for hydroxylation is 2. The van der Waals surface area contributed by atoms with Gasteiger partial charge in [0.05, 0.1) is 5.82 Å². The Bertz CT molecular complexity index is 1300. The van der Waals surface area contributed by atoms with Crippen LogP contribution in [0.2, 0.25) is 0 Å². The first-order chi connectivity index (χ1) is 19.0. The van der Waals surface area contributed by atoms with Crippen molar-refractivity contribution in [2.75, 3.05) is 44.6 Å². The van der Waals surface area contributed by atoms with E-state index in [1.165, 1.54) is 0 Å². The predicted molar refractivity (Wildman–Crippen MR) is 164 cm³/mol. The maximum absolute atomic E-state index is 13.5. The predicted octanol–water partition coefficient (Wildman–Crippen LogP) is 1.98. The number of carbonyl (C=O) groups is 1. The lowest BCUT2D eigenvalue weighted by atomic mass is 9.96. The van der Waals surface area contributed by atoms with Crippen molar-refractivity contribution >= 4 is 17.2 Å². The molecule has 10 heteroatoms. The van der Waals surface area contributed by atoms with Crippen LogP contribution < -0.4 is 33.4 Å². The molecule has 1 aliphatic heterocycles. The number of pyridine rings is 1. The molecule has 1 aromatic heterocycles. The lowest BCUT2D eigenvalue weighted by molar-refractivity contribution is 0.0950. The number of H-pyrrole nitrogens is 1. The SMILES string of the molecule is C/C(=C\C=C(/N)N1CCN(CCN)CC1)c1cc(NC(C)C)c(CN)c(C(=O)NCc2c(C)cc(C)[nH]c2=O)c1. The van der Waals surface area contributed by atoms with Crippen LogP contribution in [0.15, 0.2) is 41.0 Å². The number of allylic oxidation sites excluding steroid dienone is 3. The summed E-state index contributed by atoms with van der Waals surface area (Å²) in [4.78, 5) is 33.3. The molecule has 10 nitrogen and oxygen atoms in total. The molecule has 2 aromatic rings. The Labute approximate surface area is 237 Å². The van der Waals surface area contributed by atoms with Crippen LogP contribution in [0, 0.1) is 13.8 Å². The number of hydrogen-bond donors (Lipinski definition) is 6. The molecule has 9 N–H and O–H groups in total. The Balaban J connectivity index is 1.88. The van der Waals surface area contributed by atoms with Crippen molar-refractivity contribution in [3.63, 3.8) is 0 Å². The highest BCUT2D eigenvalue weighted by Crippen LogP contribution is 2.28. The average molecular weight is 551 g/mol. The second-order valence-corrected chi connectivity index (χ2v) is 10.7. The Morgan fingerprint density at radius 1 is 1.07 bits per heavy atom. The molecule has 3 rings (SSSR count). The van der Waals surface area contributed by atoms with Crippen LogP contribution in [0.4, 0.5) is 5.69 Å². The Morgan fingerprint density at radius 2 is 1.77 bits per heavy atom. The van der Waals surface area contributed by atoms with Crippen LogP contribution >= 0.6 is 0 Å². The first-order valence-corrected chi connectivity index (χ1v) is 14.0. The number of nitrogens with one attached hydrogen (secondary N) is 3. The number of rotatable bonds is 11. The molecule has 0 bridgehead atoms. The fourth-order valence-electron chi connectivity index (χ4n) is 4.95. The summed E-state index contributed by atoms with van der Waals surface area (Å²) in [6, 6.07) is 5.92. The van der Waals surface area contributed by atoms with Crippen LogP contribution in [-0.4, -0.2) is 66.0 Å². The minimum atomic E-state index is -0.285. The fraction of sp³-hybridized carbons (Fsp3) is 0.467. The molecule has 1 saturated heterocycles. The standard InChI is InChI=1S/C30H46N8O2/c1-19(2)35-27-16-23(20(3)6-7-28(33)38-12-10-37(9-8-31)11-13-38)15-24(25(27)17-32)29(39)34-18-26-21(4)14-22(5)36-30(26)40/h6-7,14-16,19,35H,8-13,17-18,31-33H2,1-5H3,(H,34,39)(H,36,40)/b20-6+,28-7+. The molecule has 0 atom stereocenters. The van der Waals surface area contributed by atoms with Gasteiger partial charge in [0, 0.05) is 86.5 Å². The third kappa shape index (κ3) is 7.97. The lowest BCUT2D eigenvalue weighted by Gasteiger charge is -2.35. The lowest BCUT2D eigenvalue weighted by Crippen LogP contribution is -2.48. The second-order valence-electron chi connectivity index (χ2n) is 10.7. The molecule has 1 amide bonds. The van der Waals surface area contributed by atoms with Crippen LogP contribution in [-0.2, 0) is 13.1 Å². The van der Waals surface area contributed by atoms with Crippen molar-refractivity contribution in [3.05, 3.63) is 80.0 Å². The van der Waals surface area contributed by atoms with Gasteiger partial charge in [-0.1, -0.05) is 6.08 Å². The molecule has 0 unspecified atom stereocenters. The van der Waals surface area contributed by atoms with Crippen LogP contribution in [0.5, 0.6) is 0 Å². The molecular weight excluding hydrogens is 504 g/mol. The number of nitrogens with zero attached hydrogens (tertiary/aromatic N) is 2. The number of aromatic amines is 1. The van der Waals surface area contributed by atoms with Crippen molar-refractivity contribution < 1.29 is 4.79 Å². The van der Waals surface area contributed by atoms with E-state index in [0.29, 0.717) is 23.5 Å². The molecular formula is C30H46N8O2. The Morgan fingerprint density at radius 3 is 2.38 bits per heavy atom. The van der Waals surface area contributed by atoms with Gasteiger partial charge >= 0.3 is 0 Å². The molecule has 218 valence electrons. The van der Waals surface area contributed by atoms with Gasteiger partial charge in [0.2, 0.25) is 0 Å². The van der Waals surface area contributed by atoms with Gasteiger partial charge in [0.15, 0.2) is 0 Å². The molecule has 40 heavy (non-hydrogen) atoms. The summed E-state index contributed by atoms with van der Waals surface area (Å²) in [5.41, 5.74) is 24.1. The monoisotopic (exact) mass is 550 g/mol. The zero-order valence-corrected chi connectivity index (χ0v) is 24.6. The Kier molecular flexibility index (Phi) is 10.9. The van der Waals surface area contributed by atoms with E-state index >= 15 is 0 Å². The maximum atomic E-state index is 13.5. The minimum Gasteiger partial charge on any atom is -0.385 e. The second kappa shape index (κ2) is 14.2. The van der Waals surface area contributed by atoms with Crippen molar-refractivity contribution in [2.45, 2.75) is 53.8 Å². The maximum Gasteiger partial charge on any atom is 0.253 e. The highest BCUT2D eigenvalue weighted by atomic mass is 16.1. The molecule has 0 aliphatic carbocycles. The van der Waals surface area contributed by atoms with E-state index in [1.807, 2.05) is 65.0 Å². The summed E-state index contributed by atoms with van der Waals surface area (Å²) >= 11 is 0. The number of amides is 1. The molecule has 0 saturated carbocycles. The van der Waals surface area contributed by atoms with Crippen LogP contribution in [0.3, 0.4) is 0 Å². The van der Waals surface area contributed by atoms with E-state index in [9.17, 15) is 9.59 Å². The smallest absolute Gasteiger partial charge is 0.253 e. The van der Waals surface area contributed by atoms with E-state index in [0.717, 1.165) is 66.4 Å². The summed E-state index contributed by atoms with van der Waals surface area (Å²) in [7, 11) is 0. The third-order valence-corrected chi connectivity index (χ3v) is 7.20. The summed E-state index contributed by atoms with van der Waals surface area (Å²) < 4.78 is 0. The minimum absolute atomic E-state index is 0.119. The number of carbonyl (C=O) groups excluding carboxylic acids is 1. The largest absolute Gasteiger partial charge is 0.385 e. The molecule has 0 spiro atoms. The normalized spacial score (nSPS) is 15.1. The average Bonchev–Trinajstić information content (AvgIpc) is 2.90. The number of piperazine rings is 1. The topological polar surface area (TPSA) is 159 Å². The van der Waals surface area contributed by atoms with E-state index < -0.39 is 0 Å². The molecule has 1 aliphatic rings. The number of aromatic nitrogens is 1. The van der Waals surface area contributed by atoms with Crippen molar-refractivity contribution in [3.8, 4) is 0 Å².